The Labute approximate surface area is 112 Å². The molecule has 0 fully saturated rings. The summed E-state index contributed by atoms with van der Waals surface area (Å²) in [7, 11) is 0. The first kappa shape index (κ1) is 14.9. The maximum absolute atomic E-state index is 11.8. The Morgan fingerprint density at radius 3 is 2.63 bits per heavy atom. The third-order valence-corrected chi connectivity index (χ3v) is 3.11. The van der Waals surface area contributed by atoms with Gasteiger partial charge in [0.15, 0.2) is 5.84 Å². The van der Waals surface area contributed by atoms with Gasteiger partial charge in [0.2, 0.25) is 0 Å². The van der Waals surface area contributed by atoms with E-state index in [4.69, 9.17) is 10.9 Å². The Morgan fingerprint density at radius 2 is 2.16 bits per heavy atom. The topological polar surface area (TPSA) is 101 Å². The van der Waals surface area contributed by atoms with E-state index < -0.39 is 0 Å². The Morgan fingerprint density at radius 1 is 1.47 bits per heavy atom. The molecule has 19 heavy (non-hydrogen) atoms. The molecule has 1 heterocycles. The third-order valence-electron chi connectivity index (χ3n) is 3.11. The summed E-state index contributed by atoms with van der Waals surface area (Å²) in [4.78, 5) is 15.8. The average Bonchev–Trinajstić information content (AvgIpc) is 2.47. The van der Waals surface area contributed by atoms with Gasteiger partial charge in [-0.3, -0.25) is 9.78 Å². The average molecular weight is 264 g/mol. The van der Waals surface area contributed by atoms with E-state index in [1.54, 1.807) is 12.1 Å². The lowest BCUT2D eigenvalue weighted by atomic mass is 10.0. The summed E-state index contributed by atoms with van der Waals surface area (Å²) in [6.07, 6.45) is 3.47. The maximum Gasteiger partial charge on any atom is 0.269 e. The molecule has 0 aliphatic rings. The van der Waals surface area contributed by atoms with Gasteiger partial charge in [-0.05, 0) is 18.1 Å². The molecule has 6 heteroatoms. The molecule has 0 unspecified atom stereocenters. The van der Waals surface area contributed by atoms with Gasteiger partial charge in [0.1, 0.15) is 5.69 Å². The van der Waals surface area contributed by atoms with Crippen molar-refractivity contribution in [3.63, 3.8) is 0 Å². The summed E-state index contributed by atoms with van der Waals surface area (Å²) < 4.78 is 0. The number of pyridine rings is 1. The van der Waals surface area contributed by atoms with Crippen molar-refractivity contribution in [1.82, 2.24) is 10.3 Å². The molecule has 4 N–H and O–H groups in total. The van der Waals surface area contributed by atoms with E-state index in [1.807, 2.05) is 0 Å². The number of oxime groups is 1. The van der Waals surface area contributed by atoms with E-state index in [0.717, 1.165) is 12.8 Å². The van der Waals surface area contributed by atoms with Gasteiger partial charge in [-0.15, -0.1) is 0 Å². The molecule has 0 radical (unpaired) electrons. The van der Waals surface area contributed by atoms with Crippen molar-refractivity contribution < 1.29 is 10.0 Å². The van der Waals surface area contributed by atoms with Crippen LogP contribution in [0.25, 0.3) is 0 Å². The molecule has 6 nitrogen and oxygen atoms in total. The highest BCUT2D eigenvalue weighted by molar-refractivity contribution is 5.98. The normalized spacial score (nSPS) is 11.6. The van der Waals surface area contributed by atoms with Gasteiger partial charge in [0.25, 0.3) is 5.91 Å². The molecule has 0 atom stereocenters. The van der Waals surface area contributed by atoms with Crippen molar-refractivity contribution >= 4 is 11.7 Å². The minimum Gasteiger partial charge on any atom is -0.409 e. The number of rotatable bonds is 6. The molecule has 104 valence electrons. The zero-order chi connectivity index (χ0) is 14.3. The quantitative estimate of drug-likeness (QED) is 0.312. The van der Waals surface area contributed by atoms with E-state index >= 15 is 0 Å². The summed E-state index contributed by atoms with van der Waals surface area (Å²) in [6, 6.07) is 3.14. The molecule has 1 aromatic heterocycles. The molecular formula is C13H20N4O2. The number of carbonyl (C=O) groups is 1. The van der Waals surface area contributed by atoms with Crippen molar-refractivity contribution in [1.29, 1.82) is 0 Å². The molecule has 0 aromatic carbocycles. The number of amides is 1. The van der Waals surface area contributed by atoms with Crippen LogP contribution in [-0.2, 0) is 0 Å². The lowest BCUT2D eigenvalue weighted by Crippen LogP contribution is -2.29. The summed E-state index contributed by atoms with van der Waals surface area (Å²) in [5, 5.41) is 14.2. The Bertz CT molecular complexity index is 438. The SMILES string of the molecule is CCC(CC)CNC(=O)c1ccc(/C(N)=N/O)cn1. The number of nitrogens with one attached hydrogen (secondary N) is 1. The van der Waals surface area contributed by atoms with Crippen LogP contribution in [0, 0.1) is 5.92 Å². The smallest absolute Gasteiger partial charge is 0.269 e. The summed E-state index contributed by atoms with van der Waals surface area (Å²) in [5.74, 6) is 0.245. The molecule has 0 spiro atoms. The van der Waals surface area contributed by atoms with Crippen LogP contribution in [0.5, 0.6) is 0 Å². The molecule has 0 saturated carbocycles. The van der Waals surface area contributed by atoms with Gasteiger partial charge in [0.05, 0.1) is 0 Å². The largest absolute Gasteiger partial charge is 0.409 e. The second kappa shape index (κ2) is 7.35. The van der Waals surface area contributed by atoms with E-state index in [0.29, 0.717) is 23.7 Å². The number of aromatic nitrogens is 1. The van der Waals surface area contributed by atoms with Crippen LogP contribution in [-0.4, -0.2) is 28.5 Å². The van der Waals surface area contributed by atoms with Gasteiger partial charge in [0, 0.05) is 18.3 Å². The molecule has 1 amide bonds. The van der Waals surface area contributed by atoms with Gasteiger partial charge < -0.3 is 16.3 Å². The fourth-order valence-corrected chi connectivity index (χ4v) is 1.64. The zero-order valence-corrected chi connectivity index (χ0v) is 11.3. The highest BCUT2D eigenvalue weighted by Gasteiger charge is 2.10. The van der Waals surface area contributed by atoms with Crippen LogP contribution in [0.2, 0.25) is 0 Å². The predicted molar refractivity (Wildman–Crippen MR) is 73.2 cm³/mol. The summed E-state index contributed by atoms with van der Waals surface area (Å²) in [5.41, 5.74) is 6.21. The van der Waals surface area contributed by atoms with Crippen molar-refractivity contribution in [2.45, 2.75) is 26.7 Å². The molecule has 1 rings (SSSR count). The van der Waals surface area contributed by atoms with Gasteiger partial charge in [-0.2, -0.15) is 0 Å². The van der Waals surface area contributed by atoms with E-state index in [-0.39, 0.29) is 11.7 Å². The number of amidine groups is 1. The fraction of sp³-hybridized carbons (Fsp3) is 0.462. The summed E-state index contributed by atoms with van der Waals surface area (Å²) >= 11 is 0. The number of nitrogens with two attached hydrogens (primary N) is 1. The Hall–Kier alpha value is -2.11. The fourth-order valence-electron chi connectivity index (χ4n) is 1.64. The van der Waals surface area contributed by atoms with Crippen LogP contribution >= 0.6 is 0 Å². The van der Waals surface area contributed by atoms with E-state index in [2.05, 4.69) is 29.3 Å². The van der Waals surface area contributed by atoms with E-state index in [9.17, 15) is 4.79 Å². The molecule has 1 aromatic rings. The summed E-state index contributed by atoms with van der Waals surface area (Å²) in [6.45, 7) is 4.85. The van der Waals surface area contributed by atoms with Crippen molar-refractivity contribution in [3.8, 4) is 0 Å². The minimum atomic E-state index is -0.210. The van der Waals surface area contributed by atoms with Gasteiger partial charge in [-0.25, -0.2) is 0 Å². The van der Waals surface area contributed by atoms with Crippen molar-refractivity contribution in [2.24, 2.45) is 16.8 Å². The lowest BCUT2D eigenvalue weighted by Gasteiger charge is -2.12. The Kier molecular flexibility index (Phi) is 5.78. The van der Waals surface area contributed by atoms with Crippen molar-refractivity contribution in [2.75, 3.05) is 6.54 Å². The molecule has 0 aliphatic heterocycles. The monoisotopic (exact) mass is 264 g/mol. The van der Waals surface area contributed by atoms with Crippen LogP contribution in [0.3, 0.4) is 0 Å². The predicted octanol–water partition coefficient (Wildman–Crippen LogP) is 1.34. The lowest BCUT2D eigenvalue weighted by molar-refractivity contribution is 0.0941. The number of carbonyl (C=O) groups excluding carboxylic acids is 1. The maximum atomic E-state index is 11.8. The van der Waals surface area contributed by atoms with E-state index in [1.165, 1.54) is 6.20 Å². The second-order valence-corrected chi connectivity index (χ2v) is 4.31. The van der Waals surface area contributed by atoms with Crippen LogP contribution in [0.15, 0.2) is 23.5 Å². The molecule has 0 saturated heterocycles. The highest BCUT2D eigenvalue weighted by Crippen LogP contribution is 2.06. The minimum absolute atomic E-state index is 0.0310. The van der Waals surface area contributed by atoms with Gasteiger partial charge in [-0.1, -0.05) is 31.8 Å². The highest BCUT2D eigenvalue weighted by atomic mass is 16.4. The number of hydrogen-bond acceptors (Lipinski definition) is 4. The first-order valence-corrected chi connectivity index (χ1v) is 6.34. The van der Waals surface area contributed by atoms with Crippen LogP contribution < -0.4 is 11.1 Å². The third kappa shape index (κ3) is 4.24. The Balaban J connectivity index is 2.63. The second-order valence-electron chi connectivity index (χ2n) is 4.31. The first-order chi connectivity index (χ1) is 9.12. The number of nitrogens with zero attached hydrogens (tertiary/aromatic N) is 2. The molecular weight excluding hydrogens is 244 g/mol. The van der Waals surface area contributed by atoms with Crippen LogP contribution in [0.1, 0.15) is 42.7 Å². The molecule has 0 bridgehead atoms. The van der Waals surface area contributed by atoms with Crippen molar-refractivity contribution in [3.05, 3.63) is 29.6 Å². The van der Waals surface area contributed by atoms with Crippen LogP contribution in [0.4, 0.5) is 0 Å². The standard InChI is InChI=1S/C13H20N4O2/c1-3-9(4-2)7-16-13(18)11-6-5-10(8-15-11)12(14)17-19/h5-6,8-9,19H,3-4,7H2,1-2H3,(H2,14,17)(H,16,18). The molecule has 0 aliphatic carbocycles. The van der Waals surface area contributed by atoms with Gasteiger partial charge >= 0.3 is 0 Å². The zero-order valence-electron chi connectivity index (χ0n) is 11.3. The first-order valence-electron chi connectivity index (χ1n) is 6.34. The number of hydrogen-bond donors (Lipinski definition) is 3.